The van der Waals surface area contributed by atoms with E-state index in [-0.39, 0.29) is 27.8 Å². The summed E-state index contributed by atoms with van der Waals surface area (Å²) in [5.41, 5.74) is 6.51. The van der Waals surface area contributed by atoms with Crippen LogP contribution in [0.2, 0.25) is 5.02 Å². The second-order valence-corrected chi connectivity index (χ2v) is 11.3. The zero-order valence-corrected chi connectivity index (χ0v) is 22.9. The van der Waals surface area contributed by atoms with Crippen molar-refractivity contribution in [3.8, 4) is 16.2 Å². The number of alkyl halides is 2. The number of ether oxygens (including phenoxy) is 1. The number of halogens is 3. The number of hydrogen-bond donors (Lipinski definition) is 2. The fourth-order valence-corrected chi connectivity index (χ4v) is 6.10. The third kappa shape index (κ3) is 5.51. The van der Waals surface area contributed by atoms with E-state index in [1.54, 1.807) is 30.3 Å². The molecule has 200 valence electrons. The summed E-state index contributed by atoms with van der Waals surface area (Å²) in [4.78, 5) is 31.3. The number of aromatic nitrogens is 1. The Hall–Kier alpha value is -3.80. The Balaban J connectivity index is 1.48. The highest BCUT2D eigenvalue weighted by Gasteiger charge is 2.26. The van der Waals surface area contributed by atoms with Crippen molar-refractivity contribution >= 4 is 62.0 Å². The molecule has 39 heavy (non-hydrogen) atoms. The molecule has 12 heteroatoms. The Morgan fingerprint density at radius 1 is 1.13 bits per heavy atom. The van der Waals surface area contributed by atoms with Crippen LogP contribution >= 0.6 is 34.3 Å². The molecule has 0 atom stereocenters. The fraction of sp³-hybridized carbons (Fsp3) is 0.148. The molecule has 0 radical (unpaired) electrons. The van der Waals surface area contributed by atoms with Gasteiger partial charge < -0.3 is 20.2 Å². The molecule has 5 aromatic rings. The summed E-state index contributed by atoms with van der Waals surface area (Å²) in [6.45, 7) is 3.80. The molecule has 4 aromatic heterocycles. The molecular weight excluding hydrogens is 568 g/mol. The van der Waals surface area contributed by atoms with Crippen molar-refractivity contribution in [2.75, 3.05) is 5.32 Å². The van der Waals surface area contributed by atoms with Crippen LogP contribution in [0.3, 0.4) is 0 Å². The van der Waals surface area contributed by atoms with E-state index in [9.17, 15) is 18.4 Å². The van der Waals surface area contributed by atoms with Crippen LogP contribution < -0.4 is 15.8 Å². The quantitative estimate of drug-likeness (QED) is 0.193. The number of fused-ring (bicyclic) bond motifs is 1. The highest BCUT2D eigenvalue weighted by atomic mass is 35.5. The lowest BCUT2D eigenvalue weighted by atomic mass is 10.1. The zero-order chi connectivity index (χ0) is 27.8. The van der Waals surface area contributed by atoms with E-state index in [0.29, 0.717) is 32.4 Å². The summed E-state index contributed by atoms with van der Waals surface area (Å²) in [5.74, 6) is -0.520. The number of nitrogens with zero attached hydrogens (tertiary/aromatic N) is 1. The molecule has 0 aliphatic rings. The molecule has 7 nitrogen and oxygen atoms in total. The molecule has 0 spiro atoms. The number of rotatable bonds is 8. The number of primary amides is 1. The molecule has 3 N–H and O–H groups in total. The third-order valence-electron chi connectivity index (χ3n) is 5.77. The number of hydrogen-bond acceptors (Lipinski definition) is 7. The first kappa shape index (κ1) is 26.8. The highest BCUT2D eigenvalue weighted by molar-refractivity contribution is 7.21. The third-order valence-corrected chi connectivity index (χ3v) is 8.13. The standard InChI is InChI=1S/C27H20ClF2N3O4S2/c1-12-9-14(28)4-6-18(12)36-11-15-5-7-19(37-15)26(35)33-22-21-16(20-8-3-13(2)38-20)10-17(24(29)30)32-27(21)39-23(22)25(31)34/h3-10,24H,11H2,1-2H3,(H2,31,34)(H,33,35). The van der Waals surface area contributed by atoms with Gasteiger partial charge in [0.15, 0.2) is 5.76 Å². The maximum atomic E-state index is 13.7. The van der Waals surface area contributed by atoms with Crippen LogP contribution in [-0.4, -0.2) is 16.8 Å². The SMILES string of the molecule is Cc1ccc(-c2cc(C(F)F)nc3sc(C(N)=O)c(NC(=O)c4ccc(COc5ccc(Cl)cc5C)o4)c23)s1. The lowest BCUT2D eigenvalue weighted by molar-refractivity contribution is 0.0992. The molecular formula is C27H20ClF2N3O4S2. The van der Waals surface area contributed by atoms with E-state index in [2.05, 4.69) is 10.3 Å². The Labute approximate surface area is 234 Å². The van der Waals surface area contributed by atoms with Crippen LogP contribution in [0.4, 0.5) is 14.5 Å². The number of amides is 2. The molecule has 0 bridgehead atoms. The number of pyridine rings is 1. The van der Waals surface area contributed by atoms with Gasteiger partial charge in [-0.05, 0) is 67.9 Å². The summed E-state index contributed by atoms with van der Waals surface area (Å²) in [7, 11) is 0. The molecule has 0 aliphatic carbocycles. The summed E-state index contributed by atoms with van der Waals surface area (Å²) in [6, 6.07) is 13.2. The van der Waals surface area contributed by atoms with Crippen LogP contribution in [0.25, 0.3) is 20.7 Å². The second-order valence-electron chi connectivity index (χ2n) is 8.57. The normalized spacial score (nSPS) is 11.3. The van der Waals surface area contributed by atoms with Gasteiger partial charge in [0.2, 0.25) is 0 Å². The first-order chi connectivity index (χ1) is 18.6. The number of carbonyl (C=O) groups is 2. The number of furan rings is 1. The van der Waals surface area contributed by atoms with Crippen molar-refractivity contribution in [3.63, 3.8) is 0 Å². The minimum Gasteiger partial charge on any atom is -0.485 e. The van der Waals surface area contributed by atoms with Gasteiger partial charge in [-0.15, -0.1) is 22.7 Å². The van der Waals surface area contributed by atoms with E-state index in [0.717, 1.165) is 21.8 Å². The van der Waals surface area contributed by atoms with Gasteiger partial charge in [0.05, 0.1) is 5.69 Å². The Morgan fingerprint density at radius 3 is 2.59 bits per heavy atom. The van der Waals surface area contributed by atoms with Gasteiger partial charge in [-0.2, -0.15) is 0 Å². The van der Waals surface area contributed by atoms with Crippen molar-refractivity contribution in [2.24, 2.45) is 5.73 Å². The predicted molar refractivity (Wildman–Crippen MR) is 148 cm³/mol. The monoisotopic (exact) mass is 587 g/mol. The van der Waals surface area contributed by atoms with Crippen LogP contribution in [0.1, 0.15) is 48.5 Å². The lowest BCUT2D eigenvalue weighted by Gasteiger charge is -2.09. The number of nitrogens with one attached hydrogen (secondary N) is 1. The topological polar surface area (TPSA) is 107 Å². The molecule has 5 rings (SSSR count). The first-order valence-corrected chi connectivity index (χ1v) is 13.5. The minimum absolute atomic E-state index is 0.0138. The smallest absolute Gasteiger partial charge is 0.291 e. The van der Waals surface area contributed by atoms with Crippen molar-refractivity contribution < 1.29 is 27.5 Å². The van der Waals surface area contributed by atoms with Crippen molar-refractivity contribution in [1.82, 2.24) is 4.98 Å². The van der Waals surface area contributed by atoms with E-state index >= 15 is 0 Å². The molecule has 0 aliphatic heterocycles. The summed E-state index contributed by atoms with van der Waals surface area (Å²) >= 11 is 8.21. The molecule has 4 heterocycles. The molecule has 0 unspecified atom stereocenters. The number of thiophene rings is 2. The molecule has 0 saturated heterocycles. The highest BCUT2D eigenvalue weighted by Crippen LogP contribution is 2.44. The van der Waals surface area contributed by atoms with E-state index in [1.807, 2.05) is 19.9 Å². The van der Waals surface area contributed by atoms with Crippen LogP contribution in [0.5, 0.6) is 5.75 Å². The largest absolute Gasteiger partial charge is 0.485 e. The van der Waals surface area contributed by atoms with Crippen molar-refractivity contribution in [3.05, 3.63) is 86.1 Å². The average molecular weight is 588 g/mol. The van der Waals surface area contributed by atoms with Gasteiger partial charge in [-0.25, -0.2) is 13.8 Å². The van der Waals surface area contributed by atoms with Gasteiger partial charge in [0.1, 0.15) is 33.5 Å². The lowest BCUT2D eigenvalue weighted by Crippen LogP contribution is -2.16. The van der Waals surface area contributed by atoms with Gasteiger partial charge in [-0.1, -0.05) is 11.6 Å². The first-order valence-electron chi connectivity index (χ1n) is 11.5. The summed E-state index contributed by atoms with van der Waals surface area (Å²) < 4.78 is 38.8. The van der Waals surface area contributed by atoms with Crippen molar-refractivity contribution in [2.45, 2.75) is 26.9 Å². The maximum Gasteiger partial charge on any atom is 0.291 e. The average Bonchev–Trinajstić information content (AvgIpc) is 3.62. The van der Waals surface area contributed by atoms with Gasteiger partial charge in [0.25, 0.3) is 18.2 Å². The Kier molecular flexibility index (Phi) is 7.39. The van der Waals surface area contributed by atoms with E-state index < -0.39 is 23.9 Å². The second kappa shape index (κ2) is 10.8. The molecule has 2 amide bonds. The van der Waals surface area contributed by atoms with Crippen molar-refractivity contribution in [1.29, 1.82) is 0 Å². The van der Waals surface area contributed by atoms with E-state index in [4.69, 9.17) is 26.5 Å². The Bertz CT molecular complexity index is 1730. The zero-order valence-electron chi connectivity index (χ0n) is 20.5. The van der Waals surface area contributed by atoms with Gasteiger partial charge in [0, 0.05) is 25.7 Å². The summed E-state index contributed by atoms with van der Waals surface area (Å²) in [6.07, 6.45) is -2.83. The van der Waals surface area contributed by atoms with Crippen LogP contribution in [0.15, 0.2) is 52.9 Å². The molecule has 1 aromatic carbocycles. The van der Waals surface area contributed by atoms with Gasteiger partial charge in [-0.3, -0.25) is 9.59 Å². The number of anilines is 1. The molecule has 0 saturated carbocycles. The number of aryl methyl sites for hydroxylation is 2. The Morgan fingerprint density at radius 2 is 1.92 bits per heavy atom. The summed E-state index contributed by atoms with van der Waals surface area (Å²) in [5, 5.41) is 3.64. The number of benzene rings is 1. The fourth-order valence-electron chi connectivity index (χ4n) is 3.97. The number of nitrogens with two attached hydrogens (primary N) is 1. The van der Waals surface area contributed by atoms with Gasteiger partial charge >= 0.3 is 0 Å². The van der Waals surface area contributed by atoms with E-state index in [1.165, 1.54) is 23.5 Å². The minimum atomic E-state index is -2.83. The molecule has 0 fully saturated rings. The number of carbonyl (C=O) groups excluding carboxylic acids is 2. The maximum absolute atomic E-state index is 13.7. The van der Waals surface area contributed by atoms with Crippen LogP contribution in [-0.2, 0) is 6.61 Å². The van der Waals surface area contributed by atoms with Crippen LogP contribution in [0, 0.1) is 13.8 Å². The predicted octanol–water partition coefficient (Wildman–Crippen LogP) is 7.76.